The number of β-amino-alcohol motifs (C(OH)–C–C–N with tert-alkyl or cyclic N) is 1. The van der Waals surface area contributed by atoms with Gasteiger partial charge >= 0.3 is 0 Å². The van der Waals surface area contributed by atoms with Crippen LogP contribution in [0.25, 0.3) is 0 Å². The van der Waals surface area contributed by atoms with Crippen molar-refractivity contribution in [3.63, 3.8) is 0 Å². The van der Waals surface area contributed by atoms with Crippen LogP contribution in [0.15, 0.2) is 61.2 Å². The molecule has 4 nitrogen and oxygen atoms in total. The zero-order valence-corrected chi connectivity index (χ0v) is 17.5. The van der Waals surface area contributed by atoms with Crippen LogP contribution >= 0.6 is 0 Å². The summed E-state index contributed by atoms with van der Waals surface area (Å²) < 4.78 is 5.52. The number of benzene rings is 2. The summed E-state index contributed by atoms with van der Waals surface area (Å²) in [5, 5.41) is 11.8. The van der Waals surface area contributed by atoms with E-state index < -0.39 is 5.60 Å². The summed E-state index contributed by atoms with van der Waals surface area (Å²) in [4.78, 5) is 15.6. The fourth-order valence-corrected chi connectivity index (χ4v) is 6.33. The first-order valence-corrected chi connectivity index (χ1v) is 10.9. The number of nitrogens with zero attached hydrogens (tertiary/aromatic N) is 1. The number of methoxy groups -OCH3 is 1. The van der Waals surface area contributed by atoms with E-state index in [9.17, 15) is 9.90 Å². The molecule has 1 aliphatic heterocycles. The molecule has 1 heterocycles. The van der Waals surface area contributed by atoms with Gasteiger partial charge in [-0.25, -0.2) is 0 Å². The minimum Gasteiger partial charge on any atom is -0.497 e. The first kappa shape index (κ1) is 19.4. The van der Waals surface area contributed by atoms with Crippen LogP contribution in [0.5, 0.6) is 5.75 Å². The highest BCUT2D eigenvalue weighted by atomic mass is 16.5. The number of aryl methyl sites for hydroxylation is 1. The lowest BCUT2D eigenvalue weighted by Gasteiger charge is -2.54. The first-order chi connectivity index (χ1) is 14.6. The monoisotopic (exact) mass is 403 g/mol. The third-order valence-electron chi connectivity index (χ3n) is 7.74. The van der Waals surface area contributed by atoms with Gasteiger partial charge in [0.2, 0.25) is 0 Å². The van der Waals surface area contributed by atoms with Gasteiger partial charge in [-0.3, -0.25) is 4.79 Å². The molecule has 1 saturated heterocycles. The molecular weight excluding hydrogens is 374 g/mol. The molecule has 1 N–H and O–H groups in total. The summed E-state index contributed by atoms with van der Waals surface area (Å²) in [6, 6.07) is 15.6. The molecule has 0 aromatic heterocycles. The number of aliphatic hydroxyl groups is 1. The highest BCUT2D eigenvalue weighted by molar-refractivity contribution is 5.94. The van der Waals surface area contributed by atoms with E-state index in [-0.39, 0.29) is 29.7 Å². The quantitative estimate of drug-likeness (QED) is 0.773. The molecule has 30 heavy (non-hydrogen) atoms. The number of ether oxygens (including phenoxy) is 1. The van der Waals surface area contributed by atoms with Crippen molar-refractivity contribution in [2.75, 3.05) is 13.7 Å². The van der Waals surface area contributed by atoms with Crippen LogP contribution in [0.2, 0.25) is 0 Å². The number of piperidine rings is 1. The first-order valence-electron chi connectivity index (χ1n) is 10.9. The van der Waals surface area contributed by atoms with Crippen LogP contribution in [0, 0.1) is 17.8 Å². The van der Waals surface area contributed by atoms with Crippen LogP contribution in [0.4, 0.5) is 0 Å². The molecular formula is C26H29NO3. The van der Waals surface area contributed by atoms with Crippen LogP contribution in [0.1, 0.15) is 46.8 Å². The number of fused-ring (bicyclic) bond motifs is 5. The molecule has 2 aromatic carbocycles. The van der Waals surface area contributed by atoms with Gasteiger partial charge in [-0.1, -0.05) is 30.3 Å². The molecule has 5 rings (SSSR count). The zero-order valence-electron chi connectivity index (χ0n) is 17.5. The van der Waals surface area contributed by atoms with Crippen molar-refractivity contribution >= 4 is 5.91 Å². The Balaban J connectivity index is 1.64. The molecule has 0 unspecified atom stereocenters. The Hall–Kier alpha value is -2.59. The Morgan fingerprint density at radius 3 is 2.73 bits per heavy atom. The Bertz CT molecular complexity index is 971. The second-order valence-electron chi connectivity index (χ2n) is 9.03. The molecule has 1 saturated carbocycles. The molecule has 3 aliphatic rings. The lowest BCUT2D eigenvalue weighted by Crippen LogP contribution is -2.61. The topological polar surface area (TPSA) is 49.8 Å². The van der Waals surface area contributed by atoms with E-state index in [2.05, 4.69) is 18.7 Å². The normalized spacial score (nSPS) is 32.0. The Morgan fingerprint density at radius 2 is 2.00 bits per heavy atom. The Kier molecular flexibility index (Phi) is 4.70. The molecule has 0 bridgehead atoms. The van der Waals surface area contributed by atoms with Crippen LogP contribution in [-0.4, -0.2) is 35.2 Å². The van der Waals surface area contributed by atoms with Gasteiger partial charge in [0.25, 0.3) is 5.91 Å². The number of hydrogen-bond donors (Lipinski definition) is 1. The van der Waals surface area contributed by atoms with E-state index in [0.717, 1.165) is 31.4 Å². The second-order valence-corrected chi connectivity index (χ2v) is 9.03. The van der Waals surface area contributed by atoms with E-state index in [1.165, 1.54) is 11.1 Å². The van der Waals surface area contributed by atoms with Gasteiger partial charge in [0, 0.05) is 11.5 Å². The minimum absolute atomic E-state index is 0.0112. The maximum Gasteiger partial charge on any atom is 0.254 e. The third kappa shape index (κ3) is 2.81. The van der Waals surface area contributed by atoms with Gasteiger partial charge in [-0.05, 0) is 72.9 Å². The summed E-state index contributed by atoms with van der Waals surface area (Å²) in [5.74, 6) is 1.26. The summed E-state index contributed by atoms with van der Waals surface area (Å²) in [6.07, 6.45) is 5.77. The van der Waals surface area contributed by atoms with Crippen molar-refractivity contribution in [1.29, 1.82) is 0 Å². The predicted molar refractivity (Wildman–Crippen MR) is 116 cm³/mol. The maximum absolute atomic E-state index is 13.7. The molecule has 5 atom stereocenters. The van der Waals surface area contributed by atoms with Crippen molar-refractivity contribution in [3.05, 3.63) is 77.9 Å². The molecule has 0 radical (unpaired) electrons. The average Bonchev–Trinajstić information content (AvgIpc) is 3.14. The molecule has 2 fully saturated rings. The van der Waals surface area contributed by atoms with Crippen molar-refractivity contribution in [2.45, 2.75) is 37.3 Å². The van der Waals surface area contributed by atoms with E-state index in [0.29, 0.717) is 12.1 Å². The molecule has 2 aromatic rings. The van der Waals surface area contributed by atoms with Crippen LogP contribution in [-0.2, 0) is 6.42 Å². The fourth-order valence-electron chi connectivity index (χ4n) is 6.33. The molecule has 0 spiro atoms. The zero-order chi connectivity index (χ0) is 20.9. The van der Waals surface area contributed by atoms with Crippen molar-refractivity contribution < 1.29 is 14.6 Å². The summed E-state index contributed by atoms with van der Waals surface area (Å²) in [5.41, 5.74) is 2.23. The fraction of sp³-hybridized carbons (Fsp3) is 0.423. The van der Waals surface area contributed by atoms with E-state index in [4.69, 9.17) is 4.74 Å². The van der Waals surface area contributed by atoms with Crippen molar-refractivity contribution in [1.82, 2.24) is 4.90 Å². The van der Waals surface area contributed by atoms with Gasteiger partial charge in [-0.15, -0.1) is 6.58 Å². The summed E-state index contributed by atoms with van der Waals surface area (Å²) in [6.45, 7) is 4.34. The standard InChI is InChI=1S/C26H29NO3/c1-3-19-11-14-23-21-13-10-17-9-12-20(30-2)15-22(17)24(21)27(16-26(19,23)29)25(28)18-7-5-4-6-8-18/h3-9,12,15,19,21,23-24,29H,1,10-11,13-14,16H2,2H3/t19-,21+,23+,24-,26+/m1/s1. The summed E-state index contributed by atoms with van der Waals surface area (Å²) >= 11 is 0. The SMILES string of the molecule is C=C[C@@H]1CC[C@H]2[C@@H]3CCc4ccc(OC)cc4[C@@H]3N(C(=O)c3ccccc3)C[C@]12O. The van der Waals surface area contributed by atoms with Crippen LogP contribution < -0.4 is 4.74 Å². The number of amides is 1. The van der Waals surface area contributed by atoms with Gasteiger partial charge in [0.15, 0.2) is 0 Å². The molecule has 2 aliphatic carbocycles. The Morgan fingerprint density at radius 1 is 1.20 bits per heavy atom. The van der Waals surface area contributed by atoms with E-state index in [1.54, 1.807) is 7.11 Å². The largest absolute Gasteiger partial charge is 0.497 e. The number of carbonyl (C=O) groups is 1. The van der Waals surface area contributed by atoms with Gasteiger partial charge in [-0.2, -0.15) is 0 Å². The Labute approximate surface area is 178 Å². The number of rotatable bonds is 3. The van der Waals surface area contributed by atoms with Crippen molar-refractivity contribution in [3.8, 4) is 5.75 Å². The molecule has 156 valence electrons. The van der Waals surface area contributed by atoms with E-state index >= 15 is 0 Å². The lowest BCUT2D eigenvalue weighted by molar-refractivity contribution is -0.118. The smallest absolute Gasteiger partial charge is 0.254 e. The number of carbonyl (C=O) groups excluding carboxylic acids is 1. The third-order valence-corrected chi connectivity index (χ3v) is 7.74. The average molecular weight is 404 g/mol. The van der Waals surface area contributed by atoms with Gasteiger partial charge in [0.1, 0.15) is 5.75 Å². The molecule has 1 amide bonds. The molecule has 4 heteroatoms. The van der Waals surface area contributed by atoms with Gasteiger partial charge in [0.05, 0.1) is 25.3 Å². The lowest BCUT2D eigenvalue weighted by atomic mass is 9.64. The predicted octanol–water partition coefficient (Wildman–Crippen LogP) is 4.40. The van der Waals surface area contributed by atoms with E-state index in [1.807, 2.05) is 47.4 Å². The number of likely N-dealkylation sites (tertiary alicyclic amines) is 1. The van der Waals surface area contributed by atoms with Crippen LogP contribution in [0.3, 0.4) is 0 Å². The highest BCUT2D eigenvalue weighted by Crippen LogP contribution is 2.57. The minimum atomic E-state index is -0.899. The second kappa shape index (κ2) is 7.28. The van der Waals surface area contributed by atoms with Crippen molar-refractivity contribution in [2.24, 2.45) is 17.8 Å². The summed E-state index contributed by atoms with van der Waals surface area (Å²) in [7, 11) is 1.68. The number of hydrogen-bond acceptors (Lipinski definition) is 3. The maximum atomic E-state index is 13.7. The van der Waals surface area contributed by atoms with Gasteiger partial charge < -0.3 is 14.7 Å². The highest BCUT2D eigenvalue weighted by Gasteiger charge is 2.59.